The molecule has 2 rings (SSSR count). The molecule has 3 N–H and O–H groups in total. The molecular formula is C13H21N3. The molecule has 0 bridgehead atoms. The minimum Gasteiger partial charge on any atom is -0.399 e. The van der Waals surface area contributed by atoms with Gasteiger partial charge in [-0.3, -0.25) is 0 Å². The monoisotopic (exact) mass is 219 g/mol. The number of anilines is 1. The van der Waals surface area contributed by atoms with Crippen molar-refractivity contribution in [3.05, 3.63) is 29.8 Å². The molecule has 1 heterocycles. The molecule has 1 atom stereocenters. The first-order valence-electron chi connectivity index (χ1n) is 6.04. The lowest BCUT2D eigenvalue weighted by atomic mass is 10.00. The van der Waals surface area contributed by atoms with E-state index < -0.39 is 0 Å². The first kappa shape index (κ1) is 11.4. The van der Waals surface area contributed by atoms with Crippen LogP contribution in [0.25, 0.3) is 0 Å². The van der Waals surface area contributed by atoms with Crippen LogP contribution in [0, 0.1) is 0 Å². The van der Waals surface area contributed by atoms with E-state index in [1.807, 2.05) is 12.1 Å². The third-order valence-electron chi connectivity index (χ3n) is 3.25. The highest BCUT2D eigenvalue weighted by molar-refractivity contribution is 5.40. The normalized spacial score (nSPS) is 19.6. The summed E-state index contributed by atoms with van der Waals surface area (Å²) in [6.45, 7) is 8.00. The van der Waals surface area contributed by atoms with Crippen LogP contribution >= 0.6 is 0 Å². The Labute approximate surface area is 97.6 Å². The van der Waals surface area contributed by atoms with Gasteiger partial charge < -0.3 is 16.0 Å². The number of nitrogens with one attached hydrogen (secondary N) is 1. The molecule has 88 valence electrons. The number of piperazine rings is 1. The second-order valence-electron chi connectivity index (χ2n) is 4.62. The van der Waals surface area contributed by atoms with E-state index in [-0.39, 0.29) is 0 Å². The molecule has 1 fully saturated rings. The van der Waals surface area contributed by atoms with Crippen LogP contribution in [0.3, 0.4) is 0 Å². The summed E-state index contributed by atoms with van der Waals surface area (Å²) in [5, 5.41) is 3.38. The molecule has 1 unspecified atom stereocenters. The van der Waals surface area contributed by atoms with Gasteiger partial charge in [0.1, 0.15) is 0 Å². The van der Waals surface area contributed by atoms with E-state index >= 15 is 0 Å². The van der Waals surface area contributed by atoms with Crippen molar-refractivity contribution in [2.45, 2.75) is 12.8 Å². The third kappa shape index (κ3) is 2.97. The zero-order valence-electron chi connectivity index (χ0n) is 9.95. The van der Waals surface area contributed by atoms with E-state index in [1.54, 1.807) is 0 Å². The fraction of sp³-hybridized carbons (Fsp3) is 0.538. The fourth-order valence-corrected chi connectivity index (χ4v) is 2.21. The van der Waals surface area contributed by atoms with Gasteiger partial charge in [-0.1, -0.05) is 19.1 Å². The van der Waals surface area contributed by atoms with Gasteiger partial charge in [-0.15, -0.1) is 0 Å². The molecule has 3 heteroatoms. The first-order valence-corrected chi connectivity index (χ1v) is 6.04. The number of benzene rings is 1. The lowest BCUT2D eigenvalue weighted by Gasteiger charge is -2.29. The lowest BCUT2D eigenvalue weighted by molar-refractivity contribution is 0.230. The molecule has 1 aliphatic heterocycles. The highest BCUT2D eigenvalue weighted by Crippen LogP contribution is 2.18. The number of hydrogen-bond donors (Lipinski definition) is 2. The molecule has 0 spiro atoms. The van der Waals surface area contributed by atoms with E-state index in [0.29, 0.717) is 5.92 Å². The van der Waals surface area contributed by atoms with Gasteiger partial charge >= 0.3 is 0 Å². The van der Waals surface area contributed by atoms with Crippen molar-refractivity contribution in [2.75, 3.05) is 38.5 Å². The van der Waals surface area contributed by atoms with Gasteiger partial charge in [-0.2, -0.15) is 0 Å². The number of nitrogens with two attached hydrogens (primary N) is 1. The number of hydrogen-bond acceptors (Lipinski definition) is 3. The number of rotatable bonds is 3. The highest BCUT2D eigenvalue weighted by Gasteiger charge is 2.13. The Kier molecular flexibility index (Phi) is 3.80. The van der Waals surface area contributed by atoms with Gasteiger partial charge in [0.2, 0.25) is 0 Å². The van der Waals surface area contributed by atoms with Crippen molar-refractivity contribution in [1.29, 1.82) is 0 Å². The maximum Gasteiger partial charge on any atom is 0.0314 e. The average Bonchev–Trinajstić information content (AvgIpc) is 2.31. The van der Waals surface area contributed by atoms with Gasteiger partial charge in [0.15, 0.2) is 0 Å². The van der Waals surface area contributed by atoms with Crippen molar-refractivity contribution in [3.8, 4) is 0 Å². The molecule has 1 aromatic rings. The average molecular weight is 219 g/mol. The summed E-state index contributed by atoms with van der Waals surface area (Å²) < 4.78 is 0. The van der Waals surface area contributed by atoms with Crippen LogP contribution < -0.4 is 11.1 Å². The van der Waals surface area contributed by atoms with Crippen molar-refractivity contribution in [2.24, 2.45) is 0 Å². The molecule has 0 amide bonds. The molecule has 16 heavy (non-hydrogen) atoms. The van der Waals surface area contributed by atoms with Gasteiger partial charge in [-0.25, -0.2) is 0 Å². The number of nitrogens with zero attached hydrogens (tertiary/aromatic N) is 1. The Morgan fingerprint density at radius 2 is 1.88 bits per heavy atom. The summed E-state index contributed by atoms with van der Waals surface area (Å²) in [6.07, 6.45) is 0. The first-order chi connectivity index (χ1) is 7.75. The Bertz CT molecular complexity index is 314. The molecule has 1 aliphatic rings. The molecule has 3 nitrogen and oxygen atoms in total. The largest absolute Gasteiger partial charge is 0.399 e. The lowest BCUT2D eigenvalue weighted by Crippen LogP contribution is -2.44. The minimum atomic E-state index is 0.582. The maximum atomic E-state index is 5.69. The fourth-order valence-electron chi connectivity index (χ4n) is 2.21. The summed E-state index contributed by atoms with van der Waals surface area (Å²) in [7, 11) is 0. The molecule has 0 aliphatic carbocycles. The second kappa shape index (κ2) is 5.32. The summed E-state index contributed by atoms with van der Waals surface area (Å²) in [4.78, 5) is 2.53. The van der Waals surface area contributed by atoms with Crippen LogP contribution in [0.15, 0.2) is 24.3 Å². The van der Waals surface area contributed by atoms with E-state index in [0.717, 1.165) is 25.3 Å². The predicted octanol–water partition coefficient (Wildman–Crippen LogP) is 1.28. The van der Waals surface area contributed by atoms with Gasteiger partial charge in [0.25, 0.3) is 0 Å². The smallest absolute Gasteiger partial charge is 0.0314 e. The maximum absolute atomic E-state index is 5.69. The van der Waals surface area contributed by atoms with E-state index in [1.165, 1.54) is 18.7 Å². The Morgan fingerprint density at radius 1 is 1.25 bits per heavy atom. The van der Waals surface area contributed by atoms with Crippen LogP contribution in [-0.2, 0) is 0 Å². The van der Waals surface area contributed by atoms with Crippen molar-refractivity contribution in [3.63, 3.8) is 0 Å². The van der Waals surface area contributed by atoms with Crippen molar-refractivity contribution < 1.29 is 0 Å². The van der Waals surface area contributed by atoms with E-state index in [9.17, 15) is 0 Å². The predicted molar refractivity (Wildman–Crippen MR) is 68.6 cm³/mol. The van der Waals surface area contributed by atoms with Gasteiger partial charge in [0.05, 0.1) is 0 Å². The van der Waals surface area contributed by atoms with E-state index in [2.05, 4.69) is 29.3 Å². The van der Waals surface area contributed by atoms with Crippen LogP contribution in [0.2, 0.25) is 0 Å². The van der Waals surface area contributed by atoms with Gasteiger partial charge in [0, 0.05) is 38.4 Å². The topological polar surface area (TPSA) is 41.3 Å². The zero-order chi connectivity index (χ0) is 11.4. The number of nitrogen functional groups attached to an aromatic ring is 1. The van der Waals surface area contributed by atoms with E-state index in [4.69, 9.17) is 5.73 Å². The molecule has 0 aromatic heterocycles. The Hall–Kier alpha value is -1.06. The van der Waals surface area contributed by atoms with Crippen molar-refractivity contribution >= 4 is 5.69 Å². The third-order valence-corrected chi connectivity index (χ3v) is 3.25. The molecule has 1 saturated heterocycles. The summed E-state index contributed by atoms with van der Waals surface area (Å²) in [5.41, 5.74) is 7.92. The SMILES string of the molecule is CC(CN1CCNCC1)c1ccc(N)cc1. The van der Waals surface area contributed by atoms with Crippen molar-refractivity contribution in [1.82, 2.24) is 10.2 Å². The standard InChI is InChI=1S/C13H21N3/c1-11(10-16-8-6-15-7-9-16)12-2-4-13(14)5-3-12/h2-5,11,15H,6-10,14H2,1H3. The highest BCUT2D eigenvalue weighted by atomic mass is 15.2. The second-order valence-corrected chi connectivity index (χ2v) is 4.62. The summed E-state index contributed by atoms with van der Waals surface area (Å²) in [6, 6.07) is 8.26. The van der Waals surface area contributed by atoms with Crippen LogP contribution in [0.4, 0.5) is 5.69 Å². The van der Waals surface area contributed by atoms with Crippen LogP contribution in [0.1, 0.15) is 18.4 Å². The van der Waals surface area contributed by atoms with Crippen LogP contribution in [0.5, 0.6) is 0 Å². The van der Waals surface area contributed by atoms with Gasteiger partial charge in [-0.05, 0) is 23.6 Å². The summed E-state index contributed by atoms with van der Waals surface area (Å²) >= 11 is 0. The molecule has 0 saturated carbocycles. The molecule has 1 aromatic carbocycles. The summed E-state index contributed by atoms with van der Waals surface area (Å²) in [5.74, 6) is 0.582. The Balaban J connectivity index is 1.91. The minimum absolute atomic E-state index is 0.582. The van der Waals surface area contributed by atoms with Crippen LogP contribution in [-0.4, -0.2) is 37.6 Å². The quantitative estimate of drug-likeness (QED) is 0.752. The molecular weight excluding hydrogens is 198 g/mol. The molecule has 0 radical (unpaired) electrons. The Morgan fingerprint density at radius 3 is 2.50 bits per heavy atom. The zero-order valence-corrected chi connectivity index (χ0v) is 9.95.